The topological polar surface area (TPSA) is 23.2 Å². The fourth-order valence-electron chi connectivity index (χ4n) is 0.972. The molecule has 0 spiro atoms. The Balaban J connectivity index is 4.93. The van der Waals surface area contributed by atoms with Crippen LogP contribution in [0, 0.1) is 11.8 Å². The minimum atomic E-state index is 0.293. The predicted molar refractivity (Wildman–Crippen MR) is 64.9 cm³/mol. The molecule has 0 bridgehead atoms. The molecule has 1 N–H and O–H groups in total. The van der Waals surface area contributed by atoms with Crippen molar-refractivity contribution >= 4 is 20.4 Å². The maximum absolute atomic E-state index is 9.59. The van der Waals surface area contributed by atoms with Gasteiger partial charge >= 0.3 is 0 Å². The van der Waals surface area contributed by atoms with Gasteiger partial charge < -0.3 is 0 Å². The van der Waals surface area contributed by atoms with Crippen molar-refractivity contribution in [1.29, 1.82) is 0 Å². The van der Waals surface area contributed by atoms with E-state index in [-0.39, 0.29) is 0 Å². The van der Waals surface area contributed by atoms with Gasteiger partial charge in [-0.2, -0.15) is 0 Å². The molecule has 0 amide bonds. The van der Waals surface area contributed by atoms with Crippen molar-refractivity contribution in [2.75, 3.05) is 0 Å². The first kappa shape index (κ1) is 13.4. The summed E-state index contributed by atoms with van der Waals surface area (Å²) >= 11 is 0. The normalized spacial score (nSPS) is 13.9. The first-order valence-electron chi connectivity index (χ1n) is 4.97. The van der Waals surface area contributed by atoms with Crippen LogP contribution < -0.4 is 0 Å². The van der Waals surface area contributed by atoms with Crippen LogP contribution in [0.4, 0.5) is 0 Å². The molecule has 0 saturated heterocycles. The number of nitrogens with zero attached hydrogens (tertiary/aromatic N) is 1. The van der Waals surface area contributed by atoms with Gasteiger partial charge in [0.1, 0.15) is 0 Å². The monoisotopic (exact) mass is 214 g/mol. The summed E-state index contributed by atoms with van der Waals surface area (Å²) in [5, 5.41) is 10.7. The second kappa shape index (κ2) is 5.98. The van der Waals surface area contributed by atoms with Crippen LogP contribution in [0.3, 0.4) is 0 Å². The Labute approximate surface area is 89.1 Å². The number of hydroxylamine groups is 1. The molecule has 0 aliphatic rings. The van der Waals surface area contributed by atoms with Gasteiger partial charge in [0, 0.05) is 23.7 Å². The molecule has 0 unspecified atom stereocenters. The van der Waals surface area contributed by atoms with Gasteiger partial charge in [0.2, 0.25) is 5.70 Å². The zero-order valence-electron chi connectivity index (χ0n) is 9.70. The summed E-state index contributed by atoms with van der Waals surface area (Å²) in [7, 11) is 3.55. The van der Waals surface area contributed by atoms with Crippen molar-refractivity contribution < 1.29 is 9.95 Å². The van der Waals surface area contributed by atoms with Gasteiger partial charge in [-0.3, -0.25) is 5.21 Å². The standard InChI is InChI=1S/C11H21NOP/c1-6-12(13)10(8(2)3)7-11(14)9(4)5/h6-9,13-14H,1-5H3/q+1/b10-7-,12-6+. The lowest BCUT2D eigenvalue weighted by Gasteiger charge is -2.06. The Kier molecular flexibility index (Phi) is 5.71. The van der Waals surface area contributed by atoms with Gasteiger partial charge in [-0.1, -0.05) is 27.7 Å². The van der Waals surface area contributed by atoms with Crippen LogP contribution >= 0.6 is 8.86 Å². The molecule has 0 aliphatic heterocycles. The number of hydrogen-bond acceptors (Lipinski definition) is 1. The van der Waals surface area contributed by atoms with Crippen molar-refractivity contribution in [3.05, 3.63) is 11.8 Å². The van der Waals surface area contributed by atoms with E-state index < -0.39 is 0 Å². The van der Waals surface area contributed by atoms with Crippen LogP contribution in [0.25, 0.3) is 0 Å². The third-order valence-electron chi connectivity index (χ3n) is 2.03. The summed E-state index contributed by atoms with van der Waals surface area (Å²) in [4.78, 5) is 0. The lowest BCUT2D eigenvalue weighted by molar-refractivity contribution is -0.739. The fraction of sp³-hybridized carbons (Fsp3) is 0.636. The fourth-order valence-corrected chi connectivity index (χ4v) is 1.12. The summed E-state index contributed by atoms with van der Waals surface area (Å²) in [6.07, 6.45) is 3.62. The Morgan fingerprint density at radius 2 is 1.71 bits per heavy atom. The molecule has 2 nitrogen and oxygen atoms in total. The molecule has 0 aromatic carbocycles. The maximum Gasteiger partial charge on any atom is 0.236 e. The summed E-state index contributed by atoms with van der Waals surface area (Å²) < 4.78 is 1.17. The summed E-state index contributed by atoms with van der Waals surface area (Å²) in [6.45, 7) is 10.1. The van der Waals surface area contributed by atoms with Crippen LogP contribution in [0.1, 0.15) is 34.6 Å². The first-order valence-corrected chi connectivity index (χ1v) is 5.47. The Morgan fingerprint density at radius 1 is 1.21 bits per heavy atom. The molecule has 0 atom stereocenters. The van der Waals surface area contributed by atoms with Crippen LogP contribution in [-0.4, -0.2) is 21.5 Å². The summed E-state index contributed by atoms with van der Waals surface area (Å²) in [6, 6.07) is 0. The predicted octanol–water partition coefficient (Wildman–Crippen LogP) is 2.99. The lowest BCUT2D eigenvalue weighted by Crippen LogP contribution is -2.14. The van der Waals surface area contributed by atoms with E-state index in [9.17, 15) is 5.21 Å². The number of hydrogen-bond donors (Lipinski definition) is 1. The quantitative estimate of drug-likeness (QED) is 0.251. The van der Waals surface area contributed by atoms with Crippen LogP contribution in [0.2, 0.25) is 0 Å². The first-order chi connectivity index (χ1) is 6.40. The van der Waals surface area contributed by atoms with Gasteiger partial charge in [0.15, 0.2) is 6.21 Å². The minimum absolute atomic E-state index is 0.293. The minimum Gasteiger partial charge on any atom is -0.285 e. The molecule has 0 aromatic heterocycles. The second-order valence-electron chi connectivity index (χ2n) is 3.94. The Morgan fingerprint density at radius 3 is 2.00 bits per heavy atom. The van der Waals surface area contributed by atoms with Crippen molar-refractivity contribution in [3.8, 4) is 0 Å². The Bertz CT molecular complexity index is 264. The largest absolute Gasteiger partial charge is 0.285 e. The molecular formula is C11H21NOP+. The smallest absolute Gasteiger partial charge is 0.236 e. The molecule has 0 heterocycles. The highest BCUT2D eigenvalue weighted by molar-refractivity contribution is 7.22. The van der Waals surface area contributed by atoms with E-state index in [2.05, 4.69) is 36.6 Å². The molecular weight excluding hydrogens is 193 g/mol. The van der Waals surface area contributed by atoms with Gasteiger partial charge in [-0.25, -0.2) is 0 Å². The van der Waals surface area contributed by atoms with Crippen LogP contribution in [-0.2, 0) is 0 Å². The van der Waals surface area contributed by atoms with Crippen LogP contribution in [0.5, 0.6) is 0 Å². The second-order valence-corrected chi connectivity index (χ2v) is 4.51. The summed E-state index contributed by atoms with van der Waals surface area (Å²) in [5.41, 5.74) is 0.895. The Hall–Kier alpha value is -0.620. The van der Waals surface area contributed by atoms with E-state index in [0.717, 1.165) is 11.0 Å². The third-order valence-corrected chi connectivity index (χ3v) is 2.75. The maximum atomic E-state index is 9.59. The number of allylic oxidation sites excluding steroid dienone is 2. The van der Waals surface area contributed by atoms with Gasteiger partial charge in [0.05, 0.1) is 0 Å². The van der Waals surface area contributed by atoms with Crippen molar-refractivity contribution in [2.45, 2.75) is 34.6 Å². The SMILES string of the molecule is C/C=[N+](O)\C(=C/C(=P)C(C)C)C(C)C. The molecule has 0 aromatic rings. The molecule has 80 valence electrons. The molecule has 0 fully saturated rings. The van der Waals surface area contributed by atoms with Crippen molar-refractivity contribution in [1.82, 2.24) is 0 Å². The van der Waals surface area contributed by atoms with E-state index >= 15 is 0 Å². The van der Waals surface area contributed by atoms with E-state index in [1.807, 2.05) is 6.08 Å². The zero-order valence-corrected chi connectivity index (χ0v) is 10.7. The molecule has 3 heteroatoms. The zero-order chi connectivity index (χ0) is 11.3. The average Bonchev–Trinajstić information content (AvgIpc) is 2.11. The lowest BCUT2D eigenvalue weighted by atomic mass is 10.1. The highest BCUT2D eigenvalue weighted by atomic mass is 31.0. The molecule has 0 aliphatic carbocycles. The van der Waals surface area contributed by atoms with E-state index in [0.29, 0.717) is 11.8 Å². The van der Waals surface area contributed by atoms with E-state index in [1.54, 1.807) is 13.1 Å². The molecule has 0 rings (SSSR count). The summed E-state index contributed by atoms with van der Waals surface area (Å²) in [5.74, 6) is 0.729. The van der Waals surface area contributed by atoms with Crippen LogP contribution in [0.15, 0.2) is 11.8 Å². The average molecular weight is 214 g/mol. The molecule has 14 heavy (non-hydrogen) atoms. The number of rotatable bonds is 4. The van der Waals surface area contributed by atoms with Gasteiger partial charge in [-0.15, -0.1) is 8.86 Å². The third kappa shape index (κ3) is 4.06. The van der Waals surface area contributed by atoms with Crippen molar-refractivity contribution in [3.63, 3.8) is 0 Å². The van der Waals surface area contributed by atoms with Gasteiger partial charge in [-0.05, 0) is 11.2 Å². The van der Waals surface area contributed by atoms with Gasteiger partial charge in [0.25, 0.3) is 0 Å². The van der Waals surface area contributed by atoms with E-state index in [1.165, 1.54) is 4.74 Å². The highest BCUT2D eigenvalue weighted by Gasteiger charge is 2.17. The molecule has 0 radical (unpaired) electrons. The van der Waals surface area contributed by atoms with E-state index in [4.69, 9.17) is 0 Å². The van der Waals surface area contributed by atoms with Crippen molar-refractivity contribution in [2.24, 2.45) is 11.8 Å². The highest BCUT2D eigenvalue weighted by Crippen LogP contribution is 2.12. The molecule has 0 saturated carbocycles.